The van der Waals surface area contributed by atoms with Crippen LogP contribution in [0, 0.1) is 0 Å². The summed E-state index contributed by atoms with van der Waals surface area (Å²) in [6.45, 7) is 1.68. The second-order valence-corrected chi connectivity index (χ2v) is 11.3. The van der Waals surface area contributed by atoms with E-state index in [9.17, 15) is 16.8 Å². The van der Waals surface area contributed by atoms with Crippen molar-refractivity contribution in [3.8, 4) is 22.5 Å². The number of nitrogens with one attached hydrogen (secondary N) is 1. The van der Waals surface area contributed by atoms with Gasteiger partial charge in [-0.05, 0) is 29.3 Å². The topological polar surface area (TPSA) is 188 Å². The Hall–Kier alpha value is -2.94. The van der Waals surface area contributed by atoms with Crippen LogP contribution < -0.4 is 10.9 Å². The molecular weight excluding hydrogens is 462 g/mol. The number of aromatic nitrogens is 5. The summed E-state index contributed by atoms with van der Waals surface area (Å²) in [4.78, 5) is 3.34. The number of anilines is 1. The predicted octanol–water partition coefficient (Wildman–Crippen LogP) is 1.56. The van der Waals surface area contributed by atoms with E-state index in [1.807, 2.05) is 6.07 Å². The number of tetrazole rings is 1. The van der Waals surface area contributed by atoms with E-state index < -0.39 is 29.7 Å². The highest BCUT2D eigenvalue weighted by molar-refractivity contribution is 7.93. The minimum Gasteiger partial charge on any atom is -0.375 e. The van der Waals surface area contributed by atoms with Gasteiger partial charge in [-0.25, -0.2) is 27.0 Å². The first-order valence-corrected chi connectivity index (χ1v) is 13.0. The van der Waals surface area contributed by atoms with Crippen molar-refractivity contribution < 1.29 is 16.8 Å². The number of sulfonamides is 1. The molecule has 4 aromatic rings. The third kappa shape index (κ3) is 3.78. The number of sulfone groups is 1. The average molecular weight is 480 g/mol. The normalized spacial score (nSPS) is 12.5. The van der Waals surface area contributed by atoms with Gasteiger partial charge in [0.2, 0.25) is 15.8 Å². The first kappa shape index (κ1) is 21.3. The Balaban J connectivity index is 2.18. The van der Waals surface area contributed by atoms with E-state index in [2.05, 4.69) is 25.6 Å². The van der Waals surface area contributed by atoms with Crippen LogP contribution in [0.2, 0.25) is 0 Å². The highest BCUT2D eigenvalue weighted by Crippen LogP contribution is 2.42. The number of rotatable bonds is 6. The zero-order valence-corrected chi connectivity index (χ0v) is 18.6. The second kappa shape index (κ2) is 7.64. The summed E-state index contributed by atoms with van der Waals surface area (Å²) in [7, 11) is -8.47. The molecule has 0 spiro atoms. The summed E-state index contributed by atoms with van der Waals surface area (Å²) in [5.41, 5.74) is 7.16. The number of aromatic amines is 1. The SMILES string of the molecule is CCCS(=O)(=O)c1ccc(-c2cccc3sc(N)nc23)c(-c2nn[nH]n2)c1S(N)(=O)=O. The second-order valence-electron chi connectivity index (χ2n) is 6.62. The highest BCUT2D eigenvalue weighted by atomic mass is 32.2. The molecular formula is C17H17N7O4S3. The molecule has 0 unspecified atom stereocenters. The molecule has 11 nitrogen and oxygen atoms in total. The number of benzene rings is 2. The monoisotopic (exact) mass is 479 g/mol. The van der Waals surface area contributed by atoms with Gasteiger partial charge >= 0.3 is 0 Å². The smallest absolute Gasteiger partial charge is 0.240 e. The molecule has 0 bridgehead atoms. The third-order valence-electron chi connectivity index (χ3n) is 4.51. The number of hydrogen-bond donors (Lipinski definition) is 3. The molecule has 4 rings (SSSR count). The van der Waals surface area contributed by atoms with Crippen LogP contribution in [-0.2, 0) is 19.9 Å². The van der Waals surface area contributed by atoms with Gasteiger partial charge in [0.05, 0.1) is 26.4 Å². The van der Waals surface area contributed by atoms with E-state index in [4.69, 9.17) is 10.9 Å². The molecule has 0 aliphatic rings. The fraction of sp³-hybridized carbons (Fsp3) is 0.176. The zero-order valence-electron chi connectivity index (χ0n) is 16.1. The Bertz CT molecular complexity index is 1490. The van der Waals surface area contributed by atoms with Gasteiger partial charge in [0, 0.05) is 5.56 Å². The van der Waals surface area contributed by atoms with Crippen LogP contribution in [0.5, 0.6) is 0 Å². The lowest BCUT2D eigenvalue weighted by atomic mass is 9.98. The number of thiazole rings is 1. The zero-order chi connectivity index (χ0) is 22.4. The Morgan fingerprint density at radius 3 is 2.52 bits per heavy atom. The van der Waals surface area contributed by atoms with E-state index in [0.717, 1.165) is 4.70 Å². The molecule has 0 saturated heterocycles. The van der Waals surface area contributed by atoms with E-state index in [1.165, 1.54) is 23.5 Å². The summed E-state index contributed by atoms with van der Waals surface area (Å²) in [5.74, 6) is -0.369. The van der Waals surface area contributed by atoms with Gasteiger partial charge in [-0.15, -0.1) is 10.2 Å². The van der Waals surface area contributed by atoms with Gasteiger partial charge in [-0.2, -0.15) is 5.21 Å². The number of H-pyrrole nitrogens is 1. The Morgan fingerprint density at radius 1 is 1.10 bits per heavy atom. The molecule has 0 amide bonds. The molecule has 5 N–H and O–H groups in total. The first-order chi connectivity index (χ1) is 14.6. The molecule has 0 atom stereocenters. The molecule has 2 heterocycles. The van der Waals surface area contributed by atoms with Crippen LogP contribution >= 0.6 is 11.3 Å². The molecule has 31 heavy (non-hydrogen) atoms. The number of nitrogens with two attached hydrogens (primary N) is 2. The summed E-state index contributed by atoms with van der Waals surface area (Å²) in [6, 6.07) is 8.02. The number of nitrogen functional groups attached to an aromatic ring is 1. The maximum atomic E-state index is 12.9. The molecule has 162 valence electrons. The van der Waals surface area contributed by atoms with E-state index >= 15 is 0 Å². The number of para-hydroxylation sites is 1. The van der Waals surface area contributed by atoms with Crippen molar-refractivity contribution in [3.63, 3.8) is 0 Å². The standard InChI is InChI=1S/C17H17N7O4S3/c1-2-8-30(25,26)12-7-6-9(10-4-3-5-11-14(10)20-17(18)29-11)13(15(12)31(19,27)28)16-21-23-24-22-16/h3-7H,2,8H2,1H3,(H2,18,20)(H2,19,27,28)(H,21,22,23,24). The van der Waals surface area contributed by atoms with Crippen molar-refractivity contribution in [2.75, 3.05) is 11.5 Å². The van der Waals surface area contributed by atoms with Gasteiger partial charge in [0.15, 0.2) is 15.0 Å². The Kier molecular flexibility index (Phi) is 5.25. The summed E-state index contributed by atoms with van der Waals surface area (Å²) >= 11 is 1.27. The van der Waals surface area contributed by atoms with Crippen molar-refractivity contribution in [3.05, 3.63) is 30.3 Å². The molecule has 0 aliphatic carbocycles. The summed E-state index contributed by atoms with van der Waals surface area (Å²) < 4.78 is 51.9. The van der Waals surface area contributed by atoms with Crippen molar-refractivity contribution >= 4 is 46.5 Å². The quantitative estimate of drug-likeness (QED) is 0.368. The fourth-order valence-corrected chi connectivity index (χ4v) is 7.11. The largest absolute Gasteiger partial charge is 0.375 e. The van der Waals surface area contributed by atoms with Crippen LogP contribution in [-0.4, -0.2) is 48.2 Å². The Morgan fingerprint density at radius 2 is 1.87 bits per heavy atom. The molecule has 0 saturated carbocycles. The highest BCUT2D eigenvalue weighted by Gasteiger charge is 2.32. The first-order valence-electron chi connectivity index (χ1n) is 8.95. The van der Waals surface area contributed by atoms with Gasteiger partial charge in [-0.1, -0.05) is 36.5 Å². The average Bonchev–Trinajstić information content (AvgIpc) is 3.34. The van der Waals surface area contributed by atoms with Crippen LogP contribution in [0.25, 0.3) is 32.7 Å². The molecule has 14 heteroatoms. The summed E-state index contributed by atoms with van der Waals surface area (Å²) in [6.07, 6.45) is 0.295. The van der Waals surface area contributed by atoms with Gasteiger partial charge in [-0.3, -0.25) is 0 Å². The van der Waals surface area contributed by atoms with E-state index in [-0.39, 0.29) is 17.1 Å². The lowest BCUT2D eigenvalue weighted by molar-refractivity contribution is 0.583. The lowest BCUT2D eigenvalue weighted by Crippen LogP contribution is -2.20. The van der Waals surface area contributed by atoms with Crippen LogP contribution in [0.15, 0.2) is 40.1 Å². The predicted molar refractivity (Wildman–Crippen MR) is 116 cm³/mol. The van der Waals surface area contributed by atoms with Crippen LogP contribution in [0.3, 0.4) is 0 Å². The minimum absolute atomic E-state index is 0.0764. The van der Waals surface area contributed by atoms with Crippen molar-refractivity contribution in [1.29, 1.82) is 0 Å². The number of primary sulfonamides is 1. The lowest BCUT2D eigenvalue weighted by Gasteiger charge is -2.16. The molecule has 0 radical (unpaired) electrons. The number of nitrogens with zero attached hydrogens (tertiary/aromatic N) is 4. The van der Waals surface area contributed by atoms with Crippen molar-refractivity contribution in [2.24, 2.45) is 5.14 Å². The third-order valence-corrected chi connectivity index (χ3v) is 8.44. The van der Waals surface area contributed by atoms with E-state index in [0.29, 0.717) is 28.2 Å². The number of hydrogen-bond acceptors (Lipinski definition) is 10. The Labute approximate surface area is 181 Å². The van der Waals surface area contributed by atoms with Gasteiger partial charge in [0.1, 0.15) is 4.90 Å². The van der Waals surface area contributed by atoms with Gasteiger partial charge < -0.3 is 5.73 Å². The molecule has 2 aromatic heterocycles. The maximum absolute atomic E-state index is 12.9. The fourth-order valence-electron chi connectivity index (χ4n) is 3.37. The molecule has 2 aromatic carbocycles. The van der Waals surface area contributed by atoms with Crippen molar-refractivity contribution in [1.82, 2.24) is 25.6 Å². The minimum atomic E-state index is -4.51. The maximum Gasteiger partial charge on any atom is 0.240 e. The van der Waals surface area contributed by atoms with Gasteiger partial charge in [0.25, 0.3) is 0 Å². The molecule has 0 aliphatic heterocycles. The van der Waals surface area contributed by atoms with Crippen LogP contribution in [0.1, 0.15) is 13.3 Å². The summed E-state index contributed by atoms with van der Waals surface area (Å²) in [5, 5.41) is 19.4. The van der Waals surface area contributed by atoms with Crippen molar-refractivity contribution in [2.45, 2.75) is 23.1 Å². The van der Waals surface area contributed by atoms with Crippen LogP contribution in [0.4, 0.5) is 5.13 Å². The number of fused-ring (bicyclic) bond motifs is 1. The molecule has 0 fully saturated rings. The van der Waals surface area contributed by atoms with E-state index in [1.54, 1.807) is 19.1 Å².